The average molecular weight is 399 g/mol. The molecule has 0 aromatic heterocycles. The van der Waals surface area contributed by atoms with Crippen LogP contribution in [-0.4, -0.2) is 18.0 Å². The van der Waals surface area contributed by atoms with Crippen LogP contribution in [0.25, 0.3) is 0 Å². The summed E-state index contributed by atoms with van der Waals surface area (Å²) in [5.74, 6) is 2.30. The van der Waals surface area contributed by atoms with E-state index in [4.69, 9.17) is 16.3 Å². The second-order valence-corrected chi connectivity index (χ2v) is 9.82. The van der Waals surface area contributed by atoms with Crippen LogP contribution in [0.15, 0.2) is 0 Å². The topological polar surface area (TPSA) is 26.3 Å². The summed E-state index contributed by atoms with van der Waals surface area (Å²) in [6, 6.07) is 0. The number of halogens is 1. The van der Waals surface area contributed by atoms with E-state index in [0.29, 0.717) is 24.3 Å². The van der Waals surface area contributed by atoms with Crippen LogP contribution < -0.4 is 0 Å². The number of hydrogen-bond acceptors (Lipinski definition) is 2. The van der Waals surface area contributed by atoms with Crippen molar-refractivity contribution in [1.29, 1.82) is 0 Å². The van der Waals surface area contributed by atoms with E-state index in [2.05, 4.69) is 6.92 Å². The van der Waals surface area contributed by atoms with Crippen molar-refractivity contribution in [3.8, 4) is 0 Å². The van der Waals surface area contributed by atoms with Gasteiger partial charge in [0.05, 0.1) is 6.61 Å². The van der Waals surface area contributed by atoms with E-state index in [9.17, 15) is 4.79 Å². The largest absolute Gasteiger partial charge is 0.466 e. The molecule has 2 saturated carbocycles. The van der Waals surface area contributed by atoms with Crippen molar-refractivity contribution in [3.63, 3.8) is 0 Å². The SMILES string of the molecule is CCCCCCCCCCOC(=O)CC1CCC(C2CCCC(Cl)C2)CC1. The van der Waals surface area contributed by atoms with Gasteiger partial charge in [-0.25, -0.2) is 0 Å². The van der Waals surface area contributed by atoms with Gasteiger partial charge >= 0.3 is 5.97 Å². The Kier molecular flexibility index (Phi) is 11.8. The van der Waals surface area contributed by atoms with Gasteiger partial charge in [0.25, 0.3) is 0 Å². The van der Waals surface area contributed by atoms with E-state index in [1.807, 2.05) is 0 Å². The maximum absolute atomic E-state index is 12.1. The minimum atomic E-state index is 0.0416. The fraction of sp³-hybridized carbons (Fsp3) is 0.958. The normalized spacial score (nSPS) is 28.8. The van der Waals surface area contributed by atoms with Crippen LogP contribution in [0.4, 0.5) is 0 Å². The maximum Gasteiger partial charge on any atom is 0.306 e. The van der Waals surface area contributed by atoms with E-state index >= 15 is 0 Å². The van der Waals surface area contributed by atoms with Crippen LogP contribution in [0.2, 0.25) is 0 Å². The highest BCUT2D eigenvalue weighted by Gasteiger charge is 2.31. The summed E-state index contributed by atoms with van der Waals surface area (Å²) < 4.78 is 5.49. The Hall–Kier alpha value is -0.240. The summed E-state index contributed by atoms with van der Waals surface area (Å²) in [7, 11) is 0. The minimum Gasteiger partial charge on any atom is -0.466 e. The molecular weight excluding hydrogens is 356 g/mol. The van der Waals surface area contributed by atoms with Gasteiger partial charge in [-0.3, -0.25) is 4.79 Å². The summed E-state index contributed by atoms with van der Waals surface area (Å²) in [4.78, 5) is 12.1. The van der Waals surface area contributed by atoms with Crippen LogP contribution in [0.5, 0.6) is 0 Å². The first-order valence-corrected chi connectivity index (χ1v) is 12.4. The first kappa shape index (κ1) is 23.0. The van der Waals surface area contributed by atoms with Gasteiger partial charge in [0.2, 0.25) is 0 Å². The molecule has 0 aliphatic heterocycles. The Labute approximate surface area is 173 Å². The number of alkyl halides is 1. The first-order chi connectivity index (χ1) is 13.2. The number of carbonyl (C=O) groups excluding carboxylic acids is 1. The molecule has 2 aliphatic rings. The quantitative estimate of drug-likeness (QED) is 0.191. The highest BCUT2D eigenvalue weighted by atomic mass is 35.5. The molecule has 2 aliphatic carbocycles. The Bertz CT molecular complexity index is 390. The van der Waals surface area contributed by atoms with E-state index < -0.39 is 0 Å². The van der Waals surface area contributed by atoms with E-state index in [0.717, 1.165) is 18.3 Å². The zero-order valence-electron chi connectivity index (χ0n) is 17.7. The molecule has 0 N–H and O–H groups in total. The molecule has 3 heteroatoms. The molecule has 2 unspecified atom stereocenters. The molecule has 0 spiro atoms. The lowest BCUT2D eigenvalue weighted by Crippen LogP contribution is -2.27. The predicted octanol–water partition coefficient (Wildman–Crippen LogP) is 7.66. The van der Waals surface area contributed by atoms with Gasteiger partial charge in [0.15, 0.2) is 0 Å². The monoisotopic (exact) mass is 398 g/mol. The molecule has 0 aromatic rings. The fourth-order valence-electron chi connectivity index (χ4n) is 5.17. The molecule has 0 heterocycles. The molecule has 2 nitrogen and oxygen atoms in total. The number of rotatable bonds is 12. The number of ether oxygens (including phenoxy) is 1. The van der Waals surface area contributed by atoms with Crippen LogP contribution >= 0.6 is 11.6 Å². The van der Waals surface area contributed by atoms with Crippen molar-refractivity contribution in [2.75, 3.05) is 6.61 Å². The van der Waals surface area contributed by atoms with Crippen LogP contribution in [0.1, 0.15) is 116 Å². The molecule has 0 amide bonds. The maximum atomic E-state index is 12.1. The Morgan fingerprint density at radius 1 is 0.852 bits per heavy atom. The zero-order chi connectivity index (χ0) is 19.3. The number of hydrogen-bond donors (Lipinski definition) is 0. The highest BCUT2D eigenvalue weighted by Crippen LogP contribution is 2.41. The minimum absolute atomic E-state index is 0.0416. The van der Waals surface area contributed by atoms with Gasteiger partial charge in [0.1, 0.15) is 0 Å². The van der Waals surface area contributed by atoms with Crippen LogP contribution in [-0.2, 0) is 9.53 Å². The lowest BCUT2D eigenvalue weighted by Gasteiger charge is -2.37. The average Bonchev–Trinajstić information content (AvgIpc) is 2.67. The van der Waals surface area contributed by atoms with Crippen molar-refractivity contribution in [2.45, 2.75) is 121 Å². The third-order valence-corrected chi connectivity index (χ3v) is 7.32. The van der Waals surface area contributed by atoms with Crippen LogP contribution in [0, 0.1) is 17.8 Å². The molecule has 0 saturated heterocycles. The van der Waals surface area contributed by atoms with E-state index in [1.165, 1.54) is 96.3 Å². The summed E-state index contributed by atoms with van der Waals surface area (Å²) in [5.41, 5.74) is 0. The molecule has 27 heavy (non-hydrogen) atoms. The van der Waals surface area contributed by atoms with Crippen molar-refractivity contribution in [2.24, 2.45) is 17.8 Å². The lowest BCUT2D eigenvalue weighted by atomic mass is 9.70. The molecule has 158 valence electrons. The molecular formula is C24H43ClO2. The summed E-state index contributed by atoms with van der Waals surface area (Å²) in [6.07, 6.45) is 21.0. The molecule has 0 bridgehead atoms. The lowest BCUT2D eigenvalue weighted by molar-refractivity contribution is -0.145. The van der Waals surface area contributed by atoms with Gasteiger partial charge in [-0.2, -0.15) is 0 Å². The first-order valence-electron chi connectivity index (χ1n) is 12.0. The predicted molar refractivity (Wildman–Crippen MR) is 115 cm³/mol. The Morgan fingerprint density at radius 3 is 2.19 bits per heavy atom. The smallest absolute Gasteiger partial charge is 0.306 e. The summed E-state index contributed by atoms with van der Waals surface area (Å²) in [6.45, 7) is 2.88. The van der Waals surface area contributed by atoms with Gasteiger partial charge in [-0.05, 0) is 62.7 Å². The van der Waals surface area contributed by atoms with Gasteiger partial charge in [-0.15, -0.1) is 11.6 Å². The molecule has 2 fully saturated rings. The molecule has 2 rings (SSSR count). The second-order valence-electron chi connectivity index (χ2n) is 9.20. The van der Waals surface area contributed by atoms with Crippen molar-refractivity contribution in [3.05, 3.63) is 0 Å². The zero-order valence-corrected chi connectivity index (χ0v) is 18.5. The summed E-state index contributed by atoms with van der Waals surface area (Å²) in [5, 5.41) is 0.410. The van der Waals surface area contributed by atoms with Crippen molar-refractivity contribution in [1.82, 2.24) is 0 Å². The standard InChI is InChI=1S/C24H43ClO2/c1-2-3-4-5-6-7-8-9-17-27-24(26)18-20-13-15-21(16-14-20)22-11-10-12-23(25)19-22/h20-23H,2-19H2,1H3. The van der Waals surface area contributed by atoms with E-state index in [-0.39, 0.29) is 5.97 Å². The van der Waals surface area contributed by atoms with Gasteiger partial charge < -0.3 is 4.74 Å². The van der Waals surface area contributed by atoms with Gasteiger partial charge in [0, 0.05) is 11.8 Å². The van der Waals surface area contributed by atoms with Crippen LogP contribution in [0.3, 0.4) is 0 Å². The Morgan fingerprint density at radius 2 is 1.52 bits per heavy atom. The highest BCUT2D eigenvalue weighted by molar-refractivity contribution is 6.20. The second kappa shape index (κ2) is 13.9. The van der Waals surface area contributed by atoms with E-state index in [1.54, 1.807) is 0 Å². The number of unbranched alkanes of at least 4 members (excludes halogenated alkanes) is 7. The summed E-state index contributed by atoms with van der Waals surface area (Å²) >= 11 is 6.38. The van der Waals surface area contributed by atoms with Gasteiger partial charge in [-0.1, -0.05) is 64.7 Å². The molecule has 2 atom stereocenters. The number of esters is 1. The molecule has 0 radical (unpaired) electrons. The third kappa shape index (κ3) is 9.68. The Balaban J connectivity index is 1.46. The number of carbonyl (C=O) groups is 1. The van der Waals surface area contributed by atoms with Crippen molar-refractivity contribution >= 4 is 17.6 Å². The molecule has 0 aromatic carbocycles. The third-order valence-electron chi connectivity index (χ3n) is 6.93. The fourth-order valence-corrected chi connectivity index (χ4v) is 5.56. The van der Waals surface area contributed by atoms with Crippen molar-refractivity contribution < 1.29 is 9.53 Å².